The van der Waals surface area contributed by atoms with Gasteiger partial charge in [0.1, 0.15) is 11.0 Å². The van der Waals surface area contributed by atoms with Gasteiger partial charge in [-0.1, -0.05) is 11.6 Å². The van der Waals surface area contributed by atoms with Gasteiger partial charge in [0.25, 0.3) is 5.91 Å². The Hall–Kier alpha value is -2.47. The lowest BCUT2D eigenvalue weighted by Gasteiger charge is -2.05. The summed E-state index contributed by atoms with van der Waals surface area (Å²) in [5, 5.41) is 11.3. The molecule has 0 unspecified atom stereocenters. The molecular formula is C12H8ClN3O3. The van der Waals surface area contributed by atoms with Gasteiger partial charge in [0.2, 0.25) is 0 Å². The molecule has 2 aromatic rings. The van der Waals surface area contributed by atoms with Crippen LogP contribution in [0.2, 0.25) is 5.15 Å². The van der Waals surface area contributed by atoms with Crippen LogP contribution in [0.5, 0.6) is 0 Å². The van der Waals surface area contributed by atoms with E-state index < -0.39 is 11.9 Å². The maximum Gasteiger partial charge on any atom is 0.337 e. The monoisotopic (exact) mass is 277 g/mol. The van der Waals surface area contributed by atoms with Crippen molar-refractivity contribution >= 4 is 29.3 Å². The van der Waals surface area contributed by atoms with E-state index in [1.165, 1.54) is 24.4 Å². The Kier molecular flexibility index (Phi) is 3.72. The third kappa shape index (κ3) is 3.05. The average Bonchev–Trinajstić information content (AvgIpc) is 2.39. The topological polar surface area (TPSA) is 92.2 Å². The molecule has 0 bridgehead atoms. The van der Waals surface area contributed by atoms with E-state index in [0.29, 0.717) is 0 Å². The predicted molar refractivity (Wildman–Crippen MR) is 68.4 cm³/mol. The number of carbonyl (C=O) groups excluding carboxylic acids is 1. The van der Waals surface area contributed by atoms with Crippen molar-refractivity contribution in [2.45, 2.75) is 0 Å². The number of amides is 1. The zero-order chi connectivity index (χ0) is 13.8. The second-order valence-electron chi connectivity index (χ2n) is 3.53. The zero-order valence-corrected chi connectivity index (χ0v) is 10.3. The number of anilines is 1. The van der Waals surface area contributed by atoms with Crippen LogP contribution in [0.25, 0.3) is 0 Å². The molecule has 0 aromatic carbocycles. The summed E-state index contributed by atoms with van der Waals surface area (Å²) < 4.78 is 0. The van der Waals surface area contributed by atoms with Gasteiger partial charge in [-0.05, 0) is 24.3 Å². The second-order valence-corrected chi connectivity index (χ2v) is 3.89. The van der Waals surface area contributed by atoms with Crippen molar-refractivity contribution in [3.8, 4) is 0 Å². The van der Waals surface area contributed by atoms with Gasteiger partial charge in [-0.15, -0.1) is 0 Å². The molecule has 6 nitrogen and oxygen atoms in total. The first-order valence-electron chi connectivity index (χ1n) is 5.19. The molecule has 0 aliphatic carbocycles. The lowest BCUT2D eigenvalue weighted by atomic mass is 10.2. The van der Waals surface area contributed by atoms with Crippen molar-refractivity contribution < 1.29 is 14.7 Å². The molecule has 0 aliphatic rings. The lowest BCUT2D eigenvalue weighted by Crippen LogP contribution is -2.14. The third-order valence-corrected chi connectivity index (χ3v) is 2.56. The number of rotatable bonds is 3. The van der Waals surface area contributed by atoms with E-state index in [2.05, 4.69) is 15.3 Å². The van der Waals surface area contributed by atoms with Crippen LogP contribution < -0.4 is 5.32 Å². The van der Waals surface area contributed by atoms with Crippen LogP contribution in [-0.4, -0.2) is 27.0 Å². The number of hydrogen-bond acceptors (Lipinski definition) is 4. The lowest BCUT2D eigenvalue weighted by molar-refractivity contribution is 0.0696. The van der Waals surface area contributed by atoms with Gasteiger partial charge in [0.15, 0.2) is 0 Å². The Bertz CT molecular complexity index is 628. The molecular weight excluding hydrogens is 270 g/mol. The number of carbonyl (C=O) groups is 2. The van der Waals surface area contributed by atoms with E-state index in [1.807, 2.05) is 0 Å². The Morgan fingerprint density at radius 1 is 1.21 bits per heavy atom. The van der Waals surface area contributed by atoms with Gasteiger partial charge >= 0.3 is 5.97 Å². The molecule has 0 fully saturated rings. The quantitative estimate of drug-likeness (QED) is 0.838. The first kappa shape index (κ1) is 13.0. The first-order chi connectivity index (χ1) is 9.08. The summed E-state index contributed by atoms with van der Waals surface area (Å²) in [5.74, 6) is -1.32. The summed E-state index contributed by atoms with van der Waals surface area (Å²) in [5.41, 5.74) is 0.255. The average molecular weight is 278 g/mol. The van der Waals surface area contributed by atoms with Crippen molar-refractivity contribution in [1.82, 2.24) is 9.97 Å². The zero-order valence-electron chi connectivity index (χ0n) is 9.50. The minimum Gasteiger partial charge on any atom is -0.478 e. The molecule has 2 rings (SSSR count). The van der Waals surface area contributed by atoms with E-state index >= 15 is 0 Å². The minimum absolute atomic E-state index is 0.0393. The standard InChI is InChI=1S/C12H8ClN3O3/c13-10-8(2-1-5-14-10)11(17)16-9-4-3-7(6-15-9)12(18)19/h1-6H,(H,18,19)(H,15,16,17). The number of nitrogens with one attached hydrogen (secondary N) is 1. The molecule has 2 N–H and O–H groups in total. The number of carboxylic acids is 1. The van der Waals surface area contributed by atoms with Gasteiger partial charge in [0.05, 0.1) is 11.1 Å². The van der Waals surface area contributed by atoms with E-state index in [0.717, 1.165) is 6.20 Å². The van der Waals surface area contributed by atoms with Crippen molar-refractivity contribution in [3.63, 3.8) is 0 Å². The number of nitrogens with zero attached hydrogens (tertiary/aromatic N) is 2. The van der Waals surface area contributed by atoms with E-state index in [1.54, 1.807) is 6.07 Å². The number of halogens is 1. The molecule has 0 aliphatic heterocycles. The fraction of sp³-hybridized carbons (Fsp3) is 0. The molecule has 19 heavy (non-hydrogen) atoms. The maximum atomic E-state index is 11.9. The highest BCUT2D eigenvalue weighted by molar-refractivity contribution is 6.33. The molecule has 2 aromatic heterocycles. The van der Waals surface area contributed by atoms with Crippen LogP contribution in [0, 0.1) is 0 Å². The number of pyridine rings is 2. The molecule has 2 heterocycles. The molecule has 0 saturated carbocycles. The Morgan fingerprint density at radius 2 is 2.00 bits per heavy atom. The summed E-state index contributed by atoms with van der Waals surface area (Å²) >= 11 is 5.78. The molecule has 0 radical (unpaired) electrons. The first-order valence-corrected chi connectivity index (χ1v) is 5.57. The summed E-state index contributed by atoms with van der Waals surface area (Å²) in [7, 11) is 0. The van der Waals surface area contributed by atoms with Crippen LogP contribution in [0.3, 0.4) is 0 Å². The molecule has 0 saturated heterocycles. The molecule has 0 spiro atoms. The Morgan fingerprint density at radius 3 is 2.58 bits per heavy atom. The molecule has 7 heteroatoms. The fourth-order valence-corrected chi connectivity index (χ4v) is 1.54. The van der Waals surface area contributed by atoms with Crippen LogP contribution in [0.1, 0.15) is 20.7 Å². The van der Waals surface area contributed by atoms with Crippen LogP contribution in [0.4, 0.5) is 5.82 Å². The van der Waals surface area contributed by atoms with Crippen molar-refractivity contribution in [2.75, 3.05) is 5.32 Å². The Labute approximate surface area is 113 Å². The highest BCUT2D eigenvalue weighted by Gasteiger charge is 2.11. The van der Waals surface area contributed by atoms with Gasteiger partial charge in [-0.3, -0.25) is 4.79 Å². The van der Waals surface area contributed by atoms with Crippen LogP contribution >= 0.6 is 11.6 Å². The van der Waals surface area contributed by atoms with Crippen LogP contribution in [0.15, 0.2) is 36.7 Å². The van der Waals surface area contributed by atoms with Gasteiger partial charge in [0, 0.05) is 12.4 Å². The molecule has 1 amide bonds. The normalized spacial score (nSPS) is 9.95. The van der Waals surface area contributed by atoms with E-state index in [-0.39, 0.29) is 22.1 Å². The highest BCUT2D eigenvalue weighted by Crippen LogP contribution is 2.13. The smallest absolute Gasteiger partial charge is 0.337 e. The Balaban J connectivity index is 2.15. The van der Waals surface area contributed by atoms with Crippen molar-refractivity contribution in [2.24, 2.45) is 0 Å². The number of aromatic carboxylic acids is 1. The number of carboxylic acid groups (broad SMARTS) is 1. The fourth-order valence-electron chi connectivity index (χ4n) is 1.33. The largest absolute Gasteiger partial charge is 0.478 e. The number of hydrogen-bond donors (Lipinski definition) is 2. The van der Waals surface area contributed by atoms with E-state index in [4.69, 9.17) is 16.7 Å². The maximum absolute atomic E-state index is 11.9. The third-order valence-electron chi connectivity index (χ3n) is 2.26. The SMILES string of the molecule is O=C(O)c1ccc(NC(=O)c2cccnc2Cl)nc1. The van der Waals surface area contributed by atoms with Crippen LogP contribution in [-0.2, 0) is 0 Å². The molecule has 96 valence electrons. The summed E-state index contributed by atoms with van der Waals surface area (Å²) in [6.45, 7) is 0. The van der Waals surface area contributed by atoms with Gasteiger partial charge in [-0.25, -0.2) is 14.8 Å². The van der Waals surface area contributed by atoms with Crippen molar-refractivity contribution in [1.29, 1.82) is 0 Å². The van der Waals surface area contributed by atoms with Gasteiger partial charge in [-0.2, -0.15) is 0 Å². The van der Waals surface area contributed by atoms with E-state index in [9.17, 15) is 9.59 Å². The summed E-state index contributed by atoms with van der Waals surface area (Å²) in [4.78, 5) is 30.1. The van der Waals surface area contributed by atoms with Crippen molar-refractivity contribution in [3.05, 3.63) is 52.9 Å². The predicted octanol–water partition coefficient (Wildman–Crippen LogP) is 2.08. The highest BCUT2D eigenvalue weighted by atomic mass is 35.5. The minimum atomic E-state index is -1.08. The summed E-state index contributed by atoms with van der Waals surface area (Å²) in [6.07, 6.45) is 2.63. The van der Waals surface area contributed by atoms with Gasteiger partial charge < -0.3 is 10.4 Å². The number of aromatic nitrogens is 2. The summed E-state index contributed by atoms with van der Waals surface area (Å²) in [6, 6.07) is 5.85. The second kappa shape index (κ2) is 5.45. The molecule has 0 atom stereocenters.